The topological polar surface area (TPSA) is 68.1 Å². The van der Waals surface area contributed by atoms with Crippen molar-refractivity contribution in [3.63, 3.8) is 0 Å². The SMILES string of the molecule is O=NON=O.[Ti].[Ti]. The van der Waals surface area contributed by atoms with Crippen LogP contribution in [0, 0.1) is 9.81 Å². The van der Waals surface area contributed by atoms with Gasteiger partial charge in [0.15, 0.2) is 10.7 Å². The normalized spacial score (nSPS) is 4.00. The van der Waals surface area contributed by atoms with Gasteiger partial charge < -0.3 is 0 Å². The molecule has 0 aliphatic carbocycles. The van der Waals surface area contributed by atoms with Gasteiger partial charge in [-0.15, -0.1) is 9.81 Å². The molecule has 0 N–H and O–H groups in total. The van der Waals surface area contributed by atoms with Gasteiger partial charge in [0.05, 0.1) is 0 Å². The zero-order chi connectivity index (χ0) is 4.12. The van der Waals surface area contributed by atoms with Gasteiger partial charge in [-0.2, -0.15) is 4.94 Å². The van der Waals surface area contributed by atoms with E-state index < -0.39 is 0 Å². The first kappa shape index (κ1) is 15.7. The summed E-state index contributed by atoms with van der Waals surface area (Å²) in [6.45, 7) is 0. The molecule has 0 saturated heterocycles. The standard InChI is InChI=1S/N2O3.2Ti/c3-1-5-2-4;;. The summed E-state index contributed by atoms with van der Waals surface area (Å²) in [5.74, 6) is 0. The molecule has 36 valence electrons. The number of nitrogens with zero attached hydrogens (tertiary/aromatic N) is 2. The molecular weight excluding hydrogens is 172 g/mol. The third kappa shape index (κ3) is 21.4. The van der Waals surface area contributed by atoms with Gasteiger partial charge in [-0.05, 0) is 0 Å². The summed E-state index contributed by atoms with van der Waals surface area (Å²) in [6.07, 6.45) is 0. The van der Waals surface area contributed by atoms with Crippen LogP contribution in [0.25, 0.3) is 0 Å². The smallest absolute Gasteiger partial charge is 0.166 e. The zero-order valence-electron chi connectivity index (χ0n) is 3.12. The molecule has 0 bridgehead atoms. The molecule has 0 aromatic rings. The van der Waals surface area contributed by atoms with Crippen LogP contribution in [0.2, 0.25) is 0 Å². The molecule has 0 aliphatic rings. The minimum atomic E-state index is 0. The second-order valence-electron chi connectivity index (χ2n) is 0.231. The van der Waals surface area contributed by atoms with E-state index in [1.165, 1.54) is 0 Å². The maximum Gasteiger partial charge on any atom is 0.187 e. The fourth-order valence-electron chi connectivity index (χ4n) is 0.0136. The van der Waals surface area contributed by atoms with Crippen LogP contribution >= 0.6 is 0 Å². The summed E-state index contributed by atoms with van der Waals surface area (Å²) in [5, 5.41) is 3.25. The molecule has 7 heteroatoms. The molecule has 0 fully saturated rings. The maximum atomic E-state index is 8.64. The predicted octanol–water partition coefficient (Wildman–Crippen LogP) is 0.361. The fourth-order valence-corrected chi connectivity index (χ4v) is 0.0136. The minimum absolute atomic E-state index is 0. The molecule has 0 spiro atoms. The van der Waals surface area contributed by atoms with Gasteiger partial charge in [-0.25, -0.2) is 0 Å². The Morgan fingerprint density at radius 2 is 1.29 bits per heavy atom. The van der Waals surface area contributed by atoms with E-state index in [0.29, 0.717) is 0 Å². The second kappa shape index (κ2) is 16.1. The van der Waals surface area contributed by atoms with E-state index >= 15 is 0 Å². The van der Waals surface area contributed by atoms with Crippen molar-refractivity contribution >= 4 is 0 Å². The van der Waals surface area contributed by atoms with Gasteiger partial charge in [-0.3, -0.25) is 0 Å². The molecule has 0 unspecified atom stereocenters. The quantitative estimate of drug-likeness (QED) is 0.342. The first-order valence-corrected chi connectivity index (χ1v) is 0.730. The molecule has 0 aromatic heterocycles. The summed E-state index contributed by atoms with van der Waals surface area (Å²) in [5.41, 5.74) is 0. The fraction of sp³-hybridized carbons (Fsp3) is 0. The van der Waals surface area contributed by atoms with Crippen LogP contribution in [-0.4, -0.2) is 0 Å². The summed E-state index contributed by atoms with van der Waals surface area (Å²) in [4.78, 5) is 20.2. The number of hydrogen-bond donors (Lipinski definition) is 0. The Bertz CT molecular complexity index is 40.2. The van der Waals surface area contributed by atoms with Crippen molar-refractivity contribution in [1.29, 1.82) is 0 Å². The van der Waals surface area contributed by atoms with Crippen LogP contribution in [0.15, 0.2) is 10.7 Å². The Morgan fingerprint density at radius 1 is 1.00 bits per heavy atom. The van der Waals surface area contributed by atoms with Crippen molar-refractivity contribution in [1.82, 2.24) is 0 Å². The van der Waals surface area contributed by atoms with Crippen LogP contribution in [0.1, 0.15) is 0 Å². The van der Waals surface area contributed by atoms with E-state index in [-0.39, 0.29) is 43.4 Å². The number of hydrogen-bond acceptors (Lipinski definition) is 5. The van der Waals surface area contributed by atoms with Crippen molar-refractivity contribution < 1.29 is 48.4 Å². The molecule has 0 aromatic carbocycles. The van der Waals surface area contributed by atoms with Crippen molar-refractivity contribution in [2.75, 3.05) is 0 Å². The molecule has 0 amide bonds. The van der Waals surface area contributed by atoms with Gasteiger partial charge in [0.1, 0.15) is 0 Å². The largest absolute Gasteiger partial charge is 0.187 e. The second-order valence-corrected chi connectivity index (χ2v) is 0.231. The van der Waals surface area contributed by atoms with Crippen LogP contribution in [0.4, 0.5) is 0 Å². The van der Waals surface area contributed by atoms with Crippen LogP contribution in [0.5, 0.6) is 0 Å². The molecule has 0 atom stereocenters. The number of rotatable bonds is 2. The van der Waals surface area contributed by atoms with E-state index in [0.717, 1.165) is 0 Å². The molecule has 7 heavy (non-hydrogen) atoms. The molecular formula is N2O3Ti2. The molecule has 0 heterocycles. The summed E-state index contributed by atoms with van der Waals surface area (Å²) in [6, 6.07) is 0. The third-order valence-electron chi connectivity index (χ3n) is 0.0667. The summed E-state index contributed by atoms with van der Waals surface area (Å²) < 4.78 is 0. The maximum absolute atomic E-state index is 8.64. The van der Waals surface area contributed by atoms with Crippen LogP contribution in [0.3, 0.4) is 0 Å². The van der Waals surface area contributed by atoms with E-state index in [9.17, 15) is 0 Å². The third-order valence-corrected chi connectivity index (χ3v) is 0.0667. The van der Waals surface area contributed by atoms with E-state index in [1.807, 2.05) is 0 Å². The molecule has 0 aliphatic heterocycles. The Balaban J connectivity index is -0.0000000800. The van der Waals surface area contributed by atoms with Crippen molar-refractivity contribution in [3.8, 4) is 0 Å². The monoisotopic (exact) mass is 172 g/mol. The molecule has 0 radical (unpaired) electrons. The molecule has 5 nitrogen and oxygen atoms in total. The first-order valence-electron chi connectivity index (χ1n) is 0.730. The Hall–Kier alpha value is 0.429. The van der Waals surface area contributed by atoms with Crippen LogP contribution in [-0.2, 0) is 48.4 Å². The van der Waals surface area contributed by atoms with E-state index in [2.05, 4.69) is 4.94 Å². The van der Waals surface area contributed by atoms with Crippen molar-refractivity contribution in [2.45, 2.75) is 0 Å². The van der Waals surface area contributed by atoms with Gasteiger partial charge >= 0.3 is 0 Å². The first-order chi connectivity index (χ1) is 2.41. The zero-order valence-corrected chi connectivity index (χ0v) is 6.24. The summed E-state index contributed by atoms with van der Waals surface area (Å²) >= 11 is 0. The van der Waals surface area contributed by atoms with E-state index in [1.54, 1.807) is 10.7 Å². The molecule has 0 saturated carbocycles. The van der Waals surface area contributed by atoms with Gasteiger partial charge in [0.2, 0.25) is 0 Å². The van der Waals surface area contributed by atoms with E-state index in [4.69, 9.17) is 9.81 Å². The Labute approximate surface area is 68.8 Å². The summed E-state index contributed by atoms with van der Waals surface area (Å²) in [7, 11) is 0. The van der Waals surface area contributed by atoms with Crippen LogP contribution < -0.4 is 0 Å². The average molecular weight is 172 g/mol. The minimum Gasteiger partial charge on any atom is -0.166 e. The van der Waals surface area contributed by atoms with Gasteiger partial charge in [0, 0.05) is 43.4 Å². The molecule has 0 rings (SSSR count). The Kier molecular flexibility index (Phi) is 36.0. The van der Waals surface area contributed by atoms with Crippen molar-refractivity contribution in [2.24, 2.45) is 10.7 Å². The van der Waals surface area contributed by atoms with Gasteiger partial charge in [0.25, 0.3) is 0 Å². The van der Waals surface area contributed by atoms with Crippen molar-refractivity contribution in [3.05, 3.63) is 9.81 Å². The average Bonchev–Trinajstić information content (AvgIpc) is 1.41. The Morgan fingerprint density at radius 3 is 1.29 bits per heavy atom. The predicted molar refractivity (Wildman–Crippen MR) is 12.7 cm³/mol. The van der Waals surface area contributed by atoms with Gasteiger partial charge in [-0.1, -0.05) is 0 Å².